The molecule has 1 aliphatic rings. The fourth-order valence-electron chi connectivity index (χ4n) is 1.73. The van der Waals surface area contributed by atoms with Gasteiger partial charge in [0.05, 0.1) is 12.1 Å². The fraction of sp³-hybridized carbons (Fsp3) is 0.600. The first-order valence-electron chi connectivity index (χ1n) is 4.95. The van der Waals surface area contributed by atoms with E-state index < -0.39 is 5.97 Å². The molecular weight excluding hydrogens is 182 g/mol. The third-order valence-electron chi connectivity index (χ3n) is 2.44. The van der Waals surface area contributed by atoms with Crippen LogP contribution >= 0.6 is 0 Å². The van der Waals surface area contributed by atoms with Gasteiger partial charge in [0.2, 0.25) is 0 Å². The van der Waals surface area contributed by atoms with Crippen LogP contribution in [0.2, 0.25) is 0 Å². The molecule has 1 heterocycles. The van der Waals surface area contributed by atoms with Crippen molar-refractivity contribution in [1.82, 2.24) is 4.98 Å². The molecule has 1 aromatic heterocycles. The average Bonchev–Trinajstić information content (AvgIpc) is 2.57. The summed E-state index contributed by atoms with van der Waals surface area (Å²) < 4.78 is 5.48. The van der Waals surface area contributed by atoms with E-state index >= 15 is 0 Å². The lowest BCUT2D eigenvalue weighted by molar-refractivity contribution is -0.137. The Morgan fingerprint density at radius 2 is 2.21 bits per heavy atom. The first-order chi connectivity index (χ1) is 6.75. The summed E-state index contributed by atoms with van der Waals surface area (Å²) in [5.74, 6) is 0.747. The maximum Gasteiger partial charge on any atom is 0.303 e. The molecule has 0 saturated carbocycles. The van der Waals surface area contributed by atoms with E-state index in [1.54, 1.807) is 0 Å². The molecule has 0 amide bonds. The van der Waals surface area contributed by atoms with E-state index in [9.17, 15) is 4.79 Å². The van der Waals surface area contributed by atoms with Gasteiger partial charge in [-0.15, -0.1) is 0 Å². The molecule has 0 aliphatic heterocycles. The van der Waals surface area contributed by atoms with Crippen LogP contribution in [-0.2, 0) is 24.1 Å². The Balaban J connectivity index is 2.04. The van der Waals surface area contributed by atoms with Gasteiger partial charge >= 0.3 is 5.97 Å². The van der Waals surface area contributed by atoms with Gasteiger partial charge in [-0.05, 0) is 19.3 Å². The minimum atomic E-state index is -0.804. The maximum atomic E-state index is 10.3. The molecular formula is C10H13NO3. The lowest BCUT2D eigenvalue weighted by Crippen LogP contribution is -2.00. The minimum absolute atomic E-state index is 0.0966. The van der Waals surface area contributed by atoms with Gasteiger partial charge in [-0.2, -0.15) is 0 Å². The van der Waals surface area contributed by atoms with E-state index in [2.05, 4.69) is 4.98 Å². The van der Waals surface area contributed by atoms with Crippen molar-refractivity contribution in [1.29, 1.82) is 0 Å². The zero-order valence-corrected chi connectivity index (χ0v) is 7.95. The molecule has 0 spiro atoms. The molecule has 2 rings (SSSR count). The van der Waals surface area contributed by atoms with Crippen molar-refractivity contribution in [3.63, 3.8) is 0 Å². The highest BCUT2D eigenvalue weighted by Gasteiger charge is 2.16. The number of carbonyl (C=O) groups is 1. The standard InChI is InChI=1S/C10H13NO3/c12-10(13)6-5-9-11-7-3-1-2-4-8(7)14-9/h1-6H2,(H,12,13). The van der Waals surface area contributed by atoms with Crippen LogP contribution in [0, 0.1) is 0 Å². The summed E-state index contributed by atoms with van der Waals surface area (Å²) in [7, 11) is 0. The van der Waals surface area contributed by atoms with E-state index in [1.165, 1.54) is 0 Å². The molecule has 0 saturated heterocycles. The SMILES string of the molecule is O=C(O)CCc1nc2c(o1)CCCC2. The monoisotopic (exact) mass is 195 g/mol. The van der Waals surface area contributed by atoms with Crippen molar-refractivity contribution >= 4 is 5.97 Å². The topological polar surface area (TPSA) is 63.3 Å². The molecule has 0 bridgehead atoms. The quantitative estimate of drug-likeness (QED) is 0.795. The Kier molecular flexibility index (Phi) is 2.52. The number of hydrogen-bond acceptors (Lipinski definition) is 3. The number of carboxylic acid groups (broad SMARTS) is 1. The minimum Gasteiger partial charge on any atom is -0.481 e. The van der Waals surface area contributed by atoms with E-state index in [1.807, 2.05) is 0 Å². The second-order valence-electron chi connectivity index (χ2n) is 3.58. The lowest BCUT2D eigenvalue weighted by atomic mass is 10.0. The summed E-state index contributed by atoms with van der Waals surface area (Å²) in [5, 5.41) is 8.51. The van der Waals surface area contributed by atoms with Crippen LogP contribution in [-0.4, -0.2) is 16.1 Å². The zero-order chi connectivity index (χ0) is 9.97. The predicted molar refractivity (Wildman–Crippen MR) is 49.1 cm³/mol. The number of aromatic nitrogens is 1. The van der Waals surface area contributed by atoms with Crippen LogP contribution < -0.4 is 0 Å². The smallest absolute Gasteiger partial charge is 0.303 e. The first kappa shape index (κ1) is 9.24. The van der Waals surface area contributed by atoms with Crippen LogP contribution in [0.4, 0.5) is 0 Å². The second-order valence-corrected chi connectivity index (χ2v) is 3.58. The third kappa shape index (κ3) is 1.95. The molecule has 1 N–H and O–H groups in total. The fourth-order valence-corrected chi connectivity index (χ4v) is 1.73. The molecule has 0 radical (unpaired) electrons. The van der Waals surface area contributed by atoms with Crippen molar-refractivity contribution in [2.75, 3.05) is 0 Å². The molecule has 4 nitrogen and oxygen atoms in total. The molecule has 0 aromatic carbocycles. The number of rotatable bonds is 3. The molecule has 4 heteroatoms. The summed E-state index contributed by atoms with van der Waals surface area (Å²) in [6.45, 7) is 0. The highest BCUT2D eigenvalue weighted by molar-refractivity contribution is 5.66. The molecule has 0 unspecified atom stereocenters. The van der Waals surface area contributed by atoms with Crippen molar-refractivity contribution in [3.05, 3.63) is 17.3 Å². The van der Waals surface area contributed by atoms with Gasteiger partial charge in [-0.1, -0.05) is 0 Å². The molecule has 1 aromatic rings. The van der Waals surface area contributed by atoms with Gasteiger partial charge in [-0.25, -0.2) is 4.98 Å². The van der Waals surface area contributed by atoms with Gasteiger partial charge in [0.1, 0.15) is 5.76 Å². The zero-order valence-electron chi connectivity index (χ0n) is 7.95. The van der Waals surface area contributed by atoms with E-state index in [0.29, 0.717) is 12.3 Å². The Bertz CT molecular complexity index is 320. The van der Waals surface area contributed by atoms with E-state index in [0.717, 1.165) is 37.1 Å². The van der Waals surface area contributed by atoms with Crippen LogP contribution in [0.1, 0.15) is 36.6 Å². The van der Waals surface area contributed by atoms with Crippen LogP contribution in [0.15, 0.2) is 4.42 Å². The van der Waals surface area contributed by atoms with Gasteiger partial charge in [0.25, 0.3) is 0 Å². The second kappa shape index (κ2) is 3.82. The largest absolute Gasteiger partial charge is 0.481 e. The number of fused-ring (bicyclic) bond motifs is 1. The molecule has 0 atom stereocenters. The van der Waals surface area contributed by atoms with Crippen molar-refractivity contribution < 1.29 is 14.3 Å². The highest BCUT2D eigenvalue weighted by Crippen LogP contribution is 2.21. The Morgan fingerprint density at radius 3 is 2.93 bits per heavy atom. The Hall–Kier alpha value is -1.32. The third-order valence-corrected chi connectivity index (χ3v) is 2.44. The molecule has 76 valence electrons. The molecule has 14 heavy (non-hydrogen) atoms. The normalized spacial score (nSPS) is 15.1. The number of nitrogens with zero attached hydrogens (tertiary/aromatic N) is 1. The summed E-state index contributed by atoms with van der Waals surface area (Å²) >= 11 is 0. The average molecular weight is 195 g/mol. The summed E-state index contributed by atoms with van der Waals surface area (Å²) in [6.07, 6.45) is 4.75. The van der Waals surface area contributed by atoms with Crippen molar-refractivity contribution in [2.45, 2.75) is 38.5 Å². The number of aliphatic carboxylic acids is 1. The molecule has 0 fully saturated rings. The summed E-state index contributed by atoms with van der Waals surface area (Å²) in [6, 6.07) is 0. The first-order valence-corrected chi connectivity index (χ1v) is 4.95. The van der Waals surface area contributed by atoms with Crippen LogP contribution in [0.25, 0.3) is 0 Å². The lowest BCUT2D eigenvalue weighted by Gasteiger charge is -2.05. The van der Waals surface area contributed by atoms with Crippen LogP contribution in [0.3, 0.4) is 0 Å². The van der Waals surface area contributed by atoms with Crippen LogP contribution in [0.5, 0.6) is 0 Å². The van der Waals surface area contributed by atoms with Crippen molar-refractivity contribution in [2.24, 2.45) is 0 Å². The maximum absolute atomic E-state index is 10.3. The highest BCUT2D eigenvalue weighted by atomic mass is 16.4. The van der Waals surface area contributed by atoms with Crippen molar-refractivity contribution in [3.8, 4) is 0 Å². The summed E-state index contributed by atoms with van der Waals surface area (Å²) in [4.78, 5) is 14.6. The van der Waals surface area contributed by atoms with E-state index in [4.69, 9.17) is 9.52 Å². The number of carboxylic acids is 1. The predicted octanol–water partition coefficient (Wildman–Crippen LogP) is 1.57. The van der Waals surface area contributed by atoms with Gasteiger partial charge in [0, 0.05) is 12.8 Å². The number of aryl methyl sites for hydroxylation is 3. The number of hydrogen-bond donors (Lipinski definition) is 1. The number of oxazole rings is 1. The van der Waals surface area contributed by atoms with Gasteiger partial charge < -0.3 is 9.52 Å². The van der Waals surface area contributed by atoms with Gasteiger partial charge in [-0.3, -0.25) is 4.79 Å². The Labute approximate surface area is 81.9 Å². The van der Waals surface area contributed by atoms with E-state index in [-0.39, 0.29) is 6.42 Å². The molecule has 1 aliphatic carbocycles. The van der Waals surface area contributed by atoms with Gasteiger partial charge in [0.15, 0.2) is 5.89 Å². The Morgan fingerprint density at radius 1 is 1.43 bits per heavy atom. The summed E-state index contributed by atoms with van der Waals surface area (Å²) in [5.41, 5.74) is 1.04.